The fraction of sp³-hybridized carbons (Fsp3) is 0.231. The summed E-state index contributed by atoms with van der Waals surface area (Å²) in [5.74, 6) is 0.497. The highest BCUT2D eigenvalue weighted by Gasteiger charge is 2.14. The van der Waals surface area contributed by atoms with Gasteiger partial charge < -0.3 is 10.0 Å². The van der Waals surface area contributed by atoms with Crippen molar-refractivity contribution in [3.05, 3.63) is 41.3 Å². The van der Waals surface area contributed by atoms with Crippen molar-refractivity contribution in [1.82, 2.24) is 0 Å². The van der Waals surface area contributed by atoms with Gasteiger partial charge in [0.15, 0.2) is 0 Å². The number of benzene rings is 1. The van der Waals surface area contributed by atoms with E-state index in [1.807, 2.05) is 23.6 Å². The first kappa shape index (κ1) is 12.4. The molecule has 88 valence electrons. The van der Waals surface area contributed by atoms with Crippen LogP contribution in [0.15, 0.2) is 35.7 Å². The minimum atomic E-state index is -1.37. The van der Waals surface area contributed by atoms with Crippen molar-refractivity contribution in [3.8, 4) is 11.1 Å². The number of thiophene rings is 1. The first-order valence-corrected chi connectivity index (χ1v) is 6.51. The second-order valence-corrected chi connectivity index (χ2v) is 5.33. The van der Waals surface area contributed by atoms with E-state index in [4.69, 9.17) is 10.0 Å². The first-order chi connectivity index (χ1) is 8.08. The summed E-state index contributed by atoms with van der Waals surface area (Å²) in [4.78, 5) is 0. The monoisotopic (exact) mass is 246 g/mol. The van der Waals surface area contributed by atoms with Gasteiger partial charge in [-0.15, -0.1) is 0 Å². The Balaban J connectivity index is 2.35. The summed E-state index contributed by atoms with van der Waals surface area (Å²) in [5, 5.41) is 20.1. The standard InChI is InChI=1S/C13H15BO2S/c1-9(2)10-4-3-5-11(6-10)12-7-13(14(15)16)17-8-12/h3-9,15-16H,1-2H3. The molecule has 4 heteroatoms. The van der Waals surface area contributed by atoms with Crippen molar-refractivity contribution in [2.24, 2.45) is 0 Å². The molecule has 2 nitrogen and oxygen atoms in total. The third-order valence-corrected chi connectivity index (χ3v) is 3.73. The fourth-order valence-electron chi connectivity index (χ4n) is 1.72. The largest absolute Gasteiger partial charge is 0.499 e. The quantitative estimate of drug-likeness (QED) is 0.815. The first-order valence-electron chi connectivity index (χ1n) is 5.63. The molecule has 0 fully saturated rings. The van der Waals surface area contributed by atoms with Gasteiger partial charge in [-0.25, -0.2) is 0 Å². The highest BCUT2D eigenvalue weighted by Crippen LogP contribution is 2.25. The molecule has 1 aromatic heterocycles. The van der Waals surface area contributed by atoms with Crippen LogP contribution in [-0.2, 0) is 0 Å². The zero-order valence-electron chi connectivity index (χ0n) is 9.92. The van der Waals surface area contributed by atoms with E-state index >= 15 is 0 Å². The van der Waals surface area contributed by atoms with Crippen LogP contribution < -0.4 is 4.78 Å². The molecule has 0 saturated carbocycles. The van der Waals surface area contributed by atoms with E-state index < -0.39 is 7.12 Å². The Labute approximate surface area is 106 Å². The highest BCUT2D eigenvalue weighted by molar-refractivity contribution is 7.20. The lowest BCUT2D eigenvalue weighted by molar-refractivity contribution is 0.427. The molecule has 2 aromatic rings. The zero-order chi connectivity index (χ0) is 12.4. The highest BCUT2D eigenvalue weighted by atomic mass is 32.1. The van der Waals surface area contributed by atoms with Crippen molar-refractivity contribution >= 4 is 23.2 Å². The Morgan fingerprint density at radius 3 is 2.47 bits per heavy atom. The predicted octanol–water partition coefficient (Wildman–Crippen LogP) is 2.22. The Kier molecular flexibility index (Phi) is 3.67. The Morgan fingerprint density at radius 2 is 1.88 bits per heavy atom. The Bertz CT molecular complexity index is 506. The minimum Gasteiger partial charge on any atom is -0.423 e. The van der Waals surface area contributed by atoms with Gasteiger partial charge in [-0.1, -0.05) is 38.1 Å². The van der Waals surface area contributed by atoms with Crippen molar-refractivity contribution in [3.63, 3.8) is 0 Å². The van der Waals surface area contributed by atoms with Crippen LogP contribution >= 0.6 is 11.3 Å². The van der Waals surface area contributed by atoms with Crippen molar-refractivity contribution in [1.29, 1.82) is 0 Å². The van der Waals surface area contributed by atoms with E-state index in [0.29, 0.717) is 10.7 Å². The van der Waals surface area contributed by atoms with Crippen LogP contribution in [0.4, 0.5) is 0 Å². The van der Waals surface area contributed by atoms with Crippen LogP contribution in [0.25, 0.3) is 11.1 Å². The molecule has 0 atom stereocenters. The summed E-state index contributed by atoms with van der Waals surface area (Å²) < 4.78 is 0.579. The van der Waals surface area contributed by atoms with E-state index in [9.17, 15) is 0 Å². The van der Waals surface area contributed by atoms with E-state index in [2.05, 4.69) is 26.0 Å². The van der Waals surface area contributed by atoms with Gasteiger partial charge in [0, 0.05) is 4.78 Å². The van der Waals surface area contributed by atoms with Crippen LogP contribution in [0.3, 0.4) is 0 Å². The lowest BCUT2D eigenvalue weighted by atomic mass is 9.88. The third kappa shape index (κ3) is 2.78. The molecule has 0 bridgehead atoms. The summed E-state index contributed by atoms with van der Waals surface area (Å²) in [6, 6.07) is 10.2. The van der Waals surface area contributed by atoms with Gasteiger partial charge in [0.1, 0.15) is 0 Å². The molecular weight excluding hydrogens is 231 g/mol. The molecule has 0 aliphatic rings. The molecule has 0 aliphatic heterocycles. The molecule has 1 aromatic carbocycles. The van der Waals surface area contributed by atoms with Gasteiger partial charge in [0.05, 0.1) is 0 Å². The Morgan fingerprint density at radius 1 is 1.12 bits per heavy atom. The average molecular weight is 246 g/mol. The van der Waals surface area contributed by atoms with Crippen molar-refractivity contribution < 1.29 is 10.0 Å². The third-order valence-electron chi connectivity index (χ3n) is 2.76. The van der Waals surface area contributed by atoms with Gasteiger partial charge >= 0.3 is 7.12 Å². The van der Waals surface area contributed by atoms with Crippen LogP contribution in [0.2, 0.25) is 0 Å². The Hall–Kier alpha value is -1.10. The van der Waals surface area contributed by atoms with E-state index in [-0.39, 0.29) is 0 Å². The number of hydrogen-bond acceptors (Lipinski definition) is 3. The number of rotatable bonds is 3. The molecule has 0 spiro atoms. The maximum absolute atomic E-state index is 9.09. The SMILES string of the molecule is CC(C)c1cccc(-c2csc(B(O)O)c2)c1. The van der Waals surface area contributed by atoms with Gasteiger partial charge in [-0.3, -0.25) is 0 Å². The summed E-state index contributed by atoms with van der Waals surface area (Å²) in [6.45, 7) is 4.32. The molecule has 0 aliphatic carbocycles. The molecule has 2 N–H and O–H groups in total. The van der Waals surface area contributed by atoms with Crippen LogP contribution in [0, 0.1) is 0 Å². The summed E-state index contributed by atoms with van der Waals surface area (Å²) in [7, 11) is -1.37. The van der Waals surface area contributed by atoms with Crippen molar-refractivity contribution in [2.45, 2.75) is 19.8 Å². The molecule has 0 amide bonds. The maximum Gasteiger partial charge on any atom is 0.499 e. The molecule has 0 saturated heterocycles. The normalized spacial score (nSPS) is 10.9. The summed E-state index contributed by atoms with van der Waals surface area (Å²) in [5.41, 5.74) is 3.46. The second-order valence-electron chi connectivity index (χ2n) is 4.39. The van der Waals surface area contributed by atoms with E-state index in [1.165, 1.54) is 16.9 Å². The molecule has 1 heterocycles. The summed E-state index contributed by atoms with van der Waals surface area (Å²) >= 11 is 1.37. The lowest BCUT2D eigenvalue weighted by Crippen LogP contribution is -2.26. The lowest BCUT2D eigenvalue weighted by Gasteiger charge is -2.06. The smallest absolute Gasteiger partial charge is 0.423 e. The average Bonchev–Trinajstić information content (AvgIpc) is 2.78. The molecule has 17 heavy (non-hydrogen) atoms. The van der Waals surface area contributed by atoms with Crippen molar-refractivity contribution in [2.75, 3.05) is 0 Å². The van der Waals surface area contributed by atoms with E-state index in [1.54, 1.807) is 0 Å². The topological polar surface area (TPSA) is 40.5 Å². The van der Waals surface area contributed by atoms with Crippen LogP contribution in [0.1, 0.15) is 25.3 Å². The van der Waals surface area contributed by atoms with Gasteiger partial charge in [0.25, 0.3) is 0 Å². The zero-order valence-corrected chi connectivity index (χ0v) is 10.7. The van der Waals surface area contributed by atoms with E-state index in [0.717, 1.165) is 11.1 Å². The van der Waals surface area contributed by atoms with Gasteiger partial charge in [0.2, 0.25) is 0 Å². The molecule has 0 radical (unpaired) electrons. The summed E-state index contributed by atoms with van der Waals surface area (Å²) in [6.07, 6.45) is 0. The fourth-order valence-corrected chi connectivity index (χ4v) is 2.50. The van der Waals surface area contributed by atoms with Gasteiger partial charge in [-0.2, -0.15) is 11.3 Å². The number of hydrogen-bond donors (Lipinski definition) is 2. The predicted molar refractivity (Wildman–Crippen MR) is 73.7 cm³/mol. The second kappa shape index (κ2) is 5.04. The molecule has 2 rings (SSSR count). The van der Waals surface area contributed by atoms with Crippen LogP contribution in [0.5, 0.6) is 0 Å². The maximum atomic E-state index is 9.09. The van der Waals surface area contributed by atoms with Gasteiger partial charge in [-0.05, 0) is 34.1 Å². The minimum absolute atomic E-state index is 0.497. The molecular formula is C13H15BO2S. The van der Waals surface area contributed by atoms with Crippen LogP contribution in [-0.4, -0.2) is 17.2 Å². The molecule has 0 unspecified atom stereocenters.